The van der Waals surface area contributed by atoms with Crippen LogP contribution in [0.4, 0.5) is 5.69 Å². The molecule has 2 aromatic heterocycles. The van der Waals surface area contributed by atoms with Gasteiger partial charge in [-0.2, -0.15) is 5.26 Å². The number of nitrogens with zero attached hydrogens (tertiary/aromatic N) is 4. The standard InChI is InChI=1S/C38H22N4/c1-40-32-16-10-15-31(38(32)42-35-19-8-4-13-28(35)29-14-5-9-20-36(29)42)30-22-21-25(24-39)23-37(30)41-33-17-6-2-11-26(33)27-12-3-7-18-34(27)41/h2-23H. The third-order valence-electron chi connectivity index (χ3n) is 8.18. The normalized spacial score (nSPS) is 11.3. The molecule has 0 aliphatic rings. The molecular weight excluding hydrogens is 512 g/mol. The highest BCUT2D eigenvalue weighted by Crippen LogP contribution is 2.43. The van der Waals surface area contributed by atoms with Crippen LogP contribution in [-0.4, -0.2) is 9.13 Å². The number of hydrogen-bond donors (Lipinski definition) is 0. The molecule has 0 bridgehead atoms. The maximum absolute atomic E-state index is 9.97. The Morgan fingerprint density at radius 3 is 1.52 bits per heavy atom. The van der Waals surface area contributed by atoms with Crippen LogP contribution in [0.1, 0.15) is 5.56 Å². The second-order valence-corrected chi connectivity index (χ2v) is 10.4. The van der Waals surface area contributed by atoms with Crippen LogP contribution in [0.2, 0.25) is 0 Å². The molecule has 8 aromatic rings. The molecular formula is C38H22N4. The van der Waals surface area contributed by atoms with Gasteiger partial charge in [0.2, 0.25) is 5.69 Å². The first-order valence-electron chi connectivity index (χ1n) is 13.8. The zero-order valence-electron chi connectivity index (χ0n) is 22.5. The minimum absolute atomic E-state index is 0.566. The molecule has 0 spiro atoms. The molecule has 0 unspecified atom stereocenters. The van der Waals surface area contributed by atoms with E-state index in [1.165, 1.54) is 0 Å². The Morgan fingerprint density at radius 1 is 0.524 bits per heavy atom. The molecule has 0 amide bonds. The van der Waals surface area contributed by atoms with Crippen molar-refractivity contribution in [2.75, 3.05) is 0 Å². The fraction of sp³-hybridized carbons (Fsp3) is 0. The lowest BCUT2D eigenvalue weighted by Gasteiger charge is -2.20. The molecule has 8 rings (SSSR count). The molecule has 194 valence electrons. The maximum Gasteiger partial charge on any atom is 0.211 e. The molecule has 0 saturated carbocycles. The molecule has 0 aliphatic heterocycles. The minimum atomic E-state index is 0.566. The fourth-order valence-electron chi connectivity index (χ4n) is 6.43. The second-order valence-electron chi connectivity index (χ2n) is 10.4. The van der Waals surface area contributed by atoms with Crippen LogP contribution in [0.5, 0.6) is 0 Å². The van der Waals surface area contributed by atoms with Gasteiger partial charge >= 0.3 is 0 Å². The summed E-state index contributed by atoms with van der Waals surface area (Å²) in [6.45, 7) is 8.20. The van der Waals surface area contributed by atoms with Crippen LogP contribution < -0.4 is 0 Å². The SMILES string of the molecule is [C-]#[N+]c1cccc(-c2ccc(C#N)cc2-n2c3ccccc3c3ccccc32)c1-n1c2ccccc2c2ccccc21. The van der Waals surface area contributed by atoms with Crippen molar-refractivity contribution in [3.63, 3.8) is 0 Å². The zero-order chi connectivity index (χ0) is 28.2. The number of para-hydroxylation sites is 5. The molecule has 42 heavy (non-hydrogen) atoms. The molecule has 0 N–H and O–H groups in total. The largest absolute Gasteiger partial charge is 0.318 e. The van der Waals surface area contributed by atoms with Crippen molar-refractivity contribution in [2.24, 2.45) is 0 Å². The third kappa shape index (κ3) is 3.33. The van der Waals surface area contributed by atoms with E-state index < -0.39 is 0 Å². The number of rotatable bonds is 3. The minimum Gasteiger partial charge on any atom is -0.318 e. The Kier molecular flexibility index (Phi) is 5.22. The number of benzene rings is 6. The van der Waals surface area contributed by atoms with Gasteiger partial charge in [-0.1, -0.05) is 97.1 Å². The van der Waals surface area contributed by atoms with E-state index in [1.807, 2.05) is 42.5 Å². The van der Waals surface area contributed by atoms with Gasteiger partial charge in [-0.05, 0) is 42.0 Å². The highest BCUT2D eigenvalue weighted by Gasteiger charge is 2.22. The van der Waals surface area contributed by atoms with Gasteiger partial charge < -0.3 is 9.13 Å². The lowest BCUT2D eigenvalue weighted by molar-refractivity contribution is 1.16. The lowest BCUT2D eigenvalue weighted by atomic mass is 9.98. The molecule has 4 heteroatoms. The molecule has 0 atom stereocenters. The summed E-state index contributed by atoms with van der Waals surface area (Å²) in [4.78, 5) is 4.02. The summed E-state index contributed by atoms with van der Waals surface area (Å²) < 4.78 is 4.47. The summed E-state index contributed by atoms with van der Waals surface area (Å²) in [7, 11) is 0. The molecule has 0 aliphatic carbocycles. The molecule has 0 fully saturated rings. The summed E-state index contributed by atoms with van der Waals surface area (Å²) in [5.74, 6) is 0. The third-order valence-corrected chi connectivity index (χ3v) is 8.18. The van der Waals surface area contributed by atoms with Gasteiger partial charge in [-0.15, -0.1) is 0 Å². The van der Waals surface area contributed by atoms with Gasteiger partial charge in [0.05, 0.1) is 51.6 Å². The predicted octanol–water partition coefficient (Wildman–Crippen LogP) is 9.97. The average Bonchev–Trinajstić information content (AvgIpc) is 3.57. The van der Waals surface area contributed by atoms with Crippen molar-refractivity contribution < 1.29 is 0 Å². The molecule has 6 aromatic carbocycles. The number of hydrogen-bond acceptors (Lipinski definition) is 1. The van der Waals surface area contributed by atoms with Gasteiger partial charge in [0.1, 0.15) is 0 Å². The van der Waals surface area contributed by atoms with Crippen molar-refractivity contribution >= 4 is 49.3 Å². The Labute approximate surface area is 242 Å². The lowest BCUT2D eigenvalue weighted by Crippen LogP contribution is -2.02. The first kappa shape index (κ1) is 23.8. The van der Waals surface area contributed by atoms with Crippen LogP contribution in [0.15, 0.2) is 133 Å². The zero-order valence-corrected chi connectivity index (χ0v) is 22.5. The summed E-state index contributed by atoms with van der Waals surface area (Å²) >= 11 is 0. The molecule has 4 nitrogen and oxygen atoms in total. The van der Waals surface area contributed by atoms with E-state index in [9.17, 15) is 5.26 Å². The van der Waals surface area contributed by atoms with E-state index in [0.717, 1.165) is 66.1 Å². The maximum atomic E-state index is 9.97. The quantitative estimate of drug-likeness (QED) is 0.208. The van der Waals surface area contributed by atoms with Crippen LogP contribution >= 0.6 is 0 Å². The van der Waals surface area contributed by atoms with Crippen molar-refractivity contribution in [1.82, 2.24) is 9.13 Å². The van der Waals surface area contributed by atoms with Gasteiger partial charge in [0.15, 0.2) is 0 Å². The predicted molar refractivity (Wildman–Crippen MR) is 172 cm³/mol. The molecule has 0 saturated heterocycles. The van der Waals surface area contributed by atoms with E-state index in [1.54, 1.807) is 0 Å². The Bertz CT molecular complexity index is 2340. The first-order chi connectivity index (χ1) is 20.8. The highest BCUT2D eigenvalue weighted by molar-refractivity contribution is 6.12. The number of aromatic nitrogens is 2. The second kappa shape index (κ2) is 9.24. The first-order valence-corrected chi connectivity index (χ1v) is 13.8. The van der Waals surface area contributed by atoms with Crippen LogP contribution in [0, 0.1) is 17.9 Å². The van der Waals surface area contributed by atoms with Crippen LogP contribution in [0.25, 0.3) is 71.0 Å². The van der Waals surface area contributed by atoms with E-state index in [0.29, 0.717) is 11.3 Å². The Morgan fingerprint density at radius 2 is 1.02 bits per heavy atom. The van der Waals surface area contributed by atoms with E-state index in [-0.39, 0.29) is 0 Å². The van der Waals surface area contributed by atoms with Crippen molar-refractivity contribution in [2.45, 2.75) is 0 Å². The van der Waals surface area contributed by atoms with Gasteiger partial charge in [-0.25, -0.2) is 4.85 Å². The fourth-order valence-corrected chi connectivity index (χ4v) is 6.43. The Balaban J connectivity index is 1.53. The van der Waals surface area contributed by atoms with Crippen LogP contribution in [-0.2, 0) is 0 Å². The van der Waals surface area contributed by atoms with Crippen molar-refractivity contribution in [1.29, 1.82) is 5.26 Å². The number of fused-ring (bicyclic) bond motifs is 6. The van der Waals surface area contributed by atoms with E-state index in [2.05, 4.69) is 111 Å². The highest BCUT2D eigenvalue weighted by atomic mass is 15.0. The summed E-state index contributed by atoms with van der Waals surface area (Å²) in [6.07, 6.45) is 0. The van der Waals surface area contributed by atoms with E-state index in [4.69, 9.17) is 6.57 Å². The summed E-state index contributed by atoms with van der Waals surface area (Å²) in [5, 5.41) is 14.6. The van der Waals surface area contributed by atoms with E-state index >= 15 is 0 Å². The Hall–Kier alpha value is -6.10. The van der Waals surface area contributed by atoms with Gasteiger partial charge in [0, 0.05) is 27.1 Å². The topological polar surface area (TPSA) is 38.0 Å². The van der Waals surface area contributed by atoms with Gasteiger partial charge in [-0.3, -0.25) is 0 Å². The van der Waals surface area contributed by atoms with Crippen molar-refractivity contribution in [3.8, 4) is 28.6 Å². The smallest absolute Gasteiger partial charge is 0.211 e. The number of nitriles is 1. The summed E-state index contributed by atoms with van der Waals surface area (Å²) in [6, 6.07) is 47.6. The molecule has 0 radical (unpaired) electrons. The van der Waals surface area contributed by atoms with Crippen LogP contribution in [0.3, 0.4) is 0 Å². The average molecular weight is 535 g/mol. The van der Waals surface area contributed by atoms with Crippen molar-refractivity contribution in [3.05, 3.63) is 150 Å². The monoisotopic (exact) mass is 534 g/mol. The summed E-state index contributed by atoms with van der Waals surface area (Å²) in [5.41, 5.74) is 8.97. The molecule has 2 heterocycles. The van der Waals surface area contributed by atoms with Gasteiger partial charge in [0.25, 0.3) is 0 Å².